The van der Waals surface area contributed by atoms with Crippen molar-refractivity contribution < 1.29 is 9.47 Å². The molecule has 3 aromatic rings. The second kappa shape index (κ2) is 9.03. The highest BCUT2D eigenvalue weighted by Crippen LogP contribution is 2.17. The van der Waals surface area contributed by atoms with Gasteiger partial charge in [-0.1, -0.05) is 36.4 Å². The molecule has 3 nitrogen and oxygen atoms in total. The second-order valence-electron chi connectivity index (χ2n) is 5.08. The van der Waals surface area contributed by atoms with Crippen LogP contribution in [0.1, 0.15) is 0 Å². The zero-order chi connectivity index (χ0) is 17.3. The molecule has 0 spiro atoms. The Morgan fingerprint density at radius 3 is 2.00 bits per heavy atom. The molecule has 124 valence electrons. The summed E-state index contributed by atoms with van der Waals surface area (Å²) in [4.78, 5) is 4.55. The van der Waals surface area contributed by atoms with E-state index in [0.29, 0.717) is 5.90 Å². The van der Waals surface area contributed by atoms with Gasteiger partial charge in [0.15, 0.2) is 0 Å². The molecule has 0 bridgehead atoms. The zero-order valence-corrected chi connectivity index (χ0v) is 15.5. The van der Waals surface area contributed by atoms with Gasteiger partial charge in [0.2, 0.25) is 5.90 Å². The molecule has 0 heterocycles. The van der Waals surface area contributed by atoms with E-state index >= 15 is 0 Å². The van der Waals surface area contributed by atoms with Crippen molar-refractivity contribution >= 4 is 34.2 Å². The molecule has 25 heavy (non-hydrogen) atoms. The summed E-state index contributed by atoms with van der Waals surface area (Å²) in [5.41, 5.74) is 0.815. The van der Waals surface area contributed by atoms with Crippen LogP contribution in [0.15, 0.2) is 102 Å². The number of benzene rings is 3. The number of aliphatic imine (C=N–C) groups is 1. The van der Waals surface area contributed by atoms with Gasteiger partial charge in [0, 0.05) is 9.65 Å². The van der Waals surface area contributed by atoms with E-state index in [1.165, 1.54) is 0 Å². The summed E-state index contributed by atoms with van der Waals surface area (Å²) in [6, 6.07) is 27.0. The lowest BCUT2D eigenvalue weighted by atomic mass is 10.3. The Morgan fingerprint density at radius 1 is 0.760 bits per heavy atom. The number of rotatable bonds is 5. The number of halogens is 1. The molecular formula is C21H16INO2. The highest BCUT2D eigenvalue weighted by Gasteiger charge is 2.00. The molecule has 3 rings (SSSR count). The molecule has 0 amide bonds. The van der Waals surface area contributed by atoms with Crippen molar-refractivity contribution in [1.82, 2.24) is 0 Å². The van der Waals surface area contributed by atoms with E-state index in [1.54, 1.807) is 12.3 Å². The molecule has 0 unspecified atom stereocenters. The maximum absolute atomic E-state index is 5.87. The third kappa shape index (κ3) is 5.76. The van der Waals surface area contributed by atoms with Gasteiger partial charge in [0.1, 0.15) is 11.5 Å². The normalized spacial score (nSPS) is 11.5. The molecule has 0 saturated heterocycles. The quantitative estimate of drug-likeness (QED) is 0.211. The zero-order valence-electron chi connectivity index (χ0n) is 13.4. The summed E-state index contributed by atoms with van der Waals surface area (Å²) in [5, 5.41) is 0. The van der Waals surface area contributed by atoms with Crippen LogP contribution >= 0.6 is 22.6 Å². The van der Waals surface area contributed by atoms with Crippen LogP contribution in [0, 0.1) is 3.57 Å². The average molecular weight is 441 g/mol. The summed E-state index contributed by atoms with van der Waals surface area (Å²) in [7, 11) is 0. The van der Waals surface area contributed by atoms with Gasteiger partial charge in [0.25, 0.3) is 0 Å². The van der Waals surface area contributed by atoms with Gasteiger partial charge in [-0.25, -0.2) is 4.99 Å². The van der Waals surface area contributed by atoms with Crippen LogP contribution in [0.2, 0.25) is 0 Å². The van der Waals surface area contributed by atoms with Crippen molar-refractivity contribution in [3.05, 3.63) is 101 Å². The average Bonchev–Trinajstić information content (AvgIpc) is 2.65. The van der Waals surface area contributed by atoms with Crippen LogP contribution < -0.4 is 9.47 Å². The van der Waals surface area contributed by atoms with Gasteiger partial charge in [-0.05, 0) is 71.1 Å². The van der Waals surface area contributed by atoms with E-state index < -0.39 is 0 Å². The molecule has 0 N–H and O–H groups in total. The molecule has 0 atom stereocenters. The molecule has 0 radical (unpaired) electrons. The fraction of sp³-hybridized carbons (Fsp3) is 0. The number of hydrogen-bond donors (Lipinski definition) is 0. The van der Waals surface area contributed by atoms with Gasteiger partial charge in [-0.2, -0.15) is 0 Å². The first-order valence-corrected chi connectivity index (χ1v) is 8.83. The standard InChI is InChI=1S/C21H16INO2/c22-17-11-13-18(14-12-17)23-21(25-20-9-5-2-6-10-20)15-16-24-19-7-3-1-4-8-19/h1-16H. The van der Waals surface area contributed by atoms with E-state index in [2.05, 4.69) is 27.6 Å². The molecule has 3 aromatic carbocycles. The van der Waals surface area contributed by atoms with Crippen molar-refractivity contribution in [1.29, 1.82) is 0 Å². The molecule has 0 aromatic heterocycles. The van der Waals surface area contributed by atoms with Gasteiger partial charge < -0.3 is 9.47 Å². The molecule has 0 aliphatic carbocycles. The first-order chi connectivity index (χ1) is 12.3. The van der Waals surface area contributed by atoms with Crippen LogP contribution in [0.3, 0.4) is 0 Å². The first kappa shape index (κ1) is 17.2. The van der Waals surface area contributed by atoms with Gasteiger partial charge in [0.05, 0.1) is 11.9 Å². The smallest absolute Gasteiger partial charge is 0.222 e. The number of hydrogen-bond acceptors (Lipinski definition) is 3. The monoisotopic (exact) mass is 441 g/mol. The molecule has 0 aliphatic rings. The van der Waals surface area contributed by atoms with Crippen LogP contribution in [0.5, 0.6) is 11.5 Å². The molecule has 0 aliphatic heterocycles. The van der Waals surface area contributed by atoms with Crippen molar-refractivity contribution in [2.24, 2.45) is 4.99 Å². The second-order valence-corrected chi connectivity index (χ2v) is 6.32. The Kier molecular flexibility index (Phi) is 6.23. The first-order valence-electron chi connectivity index (χ1n) is 7.75. The lowest BCUT2D eigenvalue weighted by Gasteiger charge is -2.06. The topological polar surface area (TPSA) is 30.8 Å². The Hall–Kier alpha value is -2.60. The lowest BCUT2D eigenvalue weighted by Crippen LogP contribution is -2.05. The van der Waals surface area contributed by atoms with Crippen LogP contribution in [-0.4, -0.2) is 5.90 Å². The van der Waals surface area contributed by atoms with Crippen molar-refractivity contribution in [2.45, 2.75) is 0 Å². The summed E-state index contributed by atoms with van der Waals surface area (Å²) < 4.78 is 12.6. The SMILES string of the molecule is Ic1ccc(N=C(C=COc2ccccc2)Oc2ccccc2)cc1. The Bertz CT molecular complexity index is 844. The van der Waals surface area contributed by atoms with E-state index in [0.717, 1.165) is 20.8 Å². The van der Waals surface area contributed by atoms with Gasteiger partial charge in [-0.3, -0.25) is 0 Å². The van der Waals surface area contributed by atoms with Crippen molar-refractivity contribution in [3.8, 4) is 11.5 Å². The highest BCUT2D eigenvalue weighted by molar-refractivity contribution is 14.1. The minimum Gasteiger partial charge on any atom is -0.465 e. The fourth-order valence-electron chi connectivity index (χ4n) is 2.02. The third-order valence-electron chi connectivity index (χ3n) is 3.19. The maximum Gasteiger partial charge on any atom is 0.222 e. The molecular weight excluding hydrogens is 425 g/mol. The Balaban J connectivity index is 1.79. The molecule has 4 heteroatoms. The van der Waals surface area contributed by atoms with E-state index in [1.807, 2.05) is 84.9 Å². The fourth-order valence-corrected chi connectivity index (χ4v) is 2.38. The summed E-state index contributed by atoms with van der Waals surface area (Å²) >= 11 is 2.26. The van der Waals surface area contributed by atoms with Crippen LogP contribution in [-0.2, 0) is 0 Å². The van der Waals surface area contributed by atoms with Crippen LogP contribution in [0.25, 0.3) is 0 Å². The van der Waals surface area contributed by atoms with Gasteiger partial charge >= 0.3 is 0 Å². The molecule has 0 saturated carbocycles. The number of para-hydroxylation sites is 2. The largest absolute Gasteiger partial charge is 0.465 e. The van der Waals surface area contributed by atoms with E-state index in [4.69, 9.17) is 9.47 Å². The minimum absolute atomic E-state index is 0.448. The number of ether oxygens (including phenoxy) is 2. The van der Waals surface area contributed by atoms with E-state index in [9.17, 15) is 0 Å². The van der Waals surface area contributed by atoms with Crippen molar-refractivity contribution in [2.75, 3.05) is 0 Å². The Morgan fingerprint density at radius 2 is 1.36 bits per heavy atom. The third-order valence-corrected chi connectivity index (χ3v) is 3.91. The van der Waals surface area contributed by atoms with Gasteiger partial charge in [-0.15, -0.1) is 0 Å². The number of nitrogens with zero attached hydrogens (tertiary/aromatic N) is 1. The predicted octanol–water partition coefficient (Wildman–Crippen LogP) is 5.99. The minimum atomic E-state index is 0.448. The summed E-state index contributed by atoms with van der Waals surface area (Å²) in [5.74, 6) is 1.92. The lowest BCUT2D eigenvalue weighted by molar-refractivity contribution is 0.479. The maximum atomic E-state index is 5.87. The van der Waals surface area contributed by atoms with Crippen molar-refractivity contribution in [3.63, 3.8) is 0 Å². The Labute approximate surface area is 160 Å². The summed E-state index contributed by atoms with van der Waals surface area (Å²) in [6.07, 6.45) is 3.28. The summed E-state index contributed by atoms with van der Waals surface area (Å²) in [6.45, 7) is 0. The predicted molar refractivity (Wildman–Crippen MR) is 110 cm³/mol. The highest BCUT2D eigenvalue weighted by atomic mass is 127. The molecule has 0 fully saturated rings. The van der Waals surface area contributed by atoms with Crippen LogP contribution in [0.4, 0.5) is 5.69 Å². The van der Waals surface area contributed by atoms with E-state index in [-0.39, 0.29) is 0 Å².